The Labute approximate surface area is 87.6 Å². The van der Waals surface area contributed by atoms with Crippen molar-refractivity contribution in [2.45, 2.75) is 44.6 Å². The molecule has 0 heterocycles. The van der Waals surface area contributed by atoms with Crippen LogP contribution in [0.5, 0.6) is 0 Å². The second kappa shape index (κ2) is 5.38. The molecule has 1 aliphatic rings. The van der Waals surface area contributed by atoms with Crippen molar-refractivity contribution in [3.63, 3.8) is 0 Å². The summed E-state index contributed by atoms with van der Waals surface area (Å²) in [5.74, 6) is 3.51. The van der Waals surface area contributed by atoms with Crippen LogP contribution in [0, 0.1) is 18.3 Å². The van der Waals surface area contributed by atoms with Crippen LogP contribution >= 0.6 is 0 Å². The summed E-state index contributed by atoms with van der Waals surface area (Å²) in [6, 6.07) is 0. The van der Waals surface area contributed by atoms with Crippen molar-refractivity contribution < 1.29 is 0 Å². The van der Waals surface area contributed by atoms with Gasteiger partial charge in [-0.3, -0.25) is 0 Å². The van der Waals surface area contributed by atoms with Crippen molar-refractivity contribution in [2.75, 3.05) is 13.1 Å². The highest BCUT2D eigenvalue weighted by Crippen LogP contribution is 2.35. The summed E-state index contributed by atoms with van der Waals surface area (Å²) in [5, 5.41) is 3.54. The average molecular weight is 194 g/mol. The maximum atomic E-state index is 5.85. The van der Waals surface area contributed by atoms with Crippen molar-refractivity contribution in [2.24, 2.45) is 11.7 Å². The number of nitrogens with two attached hydrogens (primary N) is 1. The summed E-state index contributed by atoms with van der Waals surface area (Å²) in [4.78, 5) is 0. The minimum atomic E-state index is 0.192. The Balaban J connectivity index is 2.40. The van der Waals surface area contributed by atoms with Gasteiger partial charge >= 0.3 is 0 Å². The summed E-state index contributed by atoms with van der Waals surface area (Å²) >= 11 is 0. The molecule has 14 heavy (non-hydrogen) atoms. The molecule has 2 unspecified atom stereocenters. The molecule has 0 aromatic rings. The molecule has 80 valence electrons. The number of hydrogen-bond donors (Lipinski definition) is 2. The maximum absolute atomic E-state index is 5.85. The Morgan fingerprint density at radius 1 is 1.64 bits per heavy atom. The van der Waals surface area contributed by atoms with Crippen molar-refractivity contribution in [3.8, 4) is 12.3 Å². The Hall–Kier alpha value is -0.520. The second-order valence-electron chi connectivity index (χ2n) is 4.38. The highest BCUT2D eigenvalue weighted by molar-refractivity contribution is 4.97. The summed E-state index contributed by atoms with van der Waals surface area (Å²) in [6.45, 7) is 3.91. The lowest BCUT2D eigenvalue weighted by molar-refractivity contribution is 0.329. The van der Waals surface area contributed by atoms with Crippen LogP contribution in [0.15, 0.2) is 0 Å². The topological polar surface area (TPSA) is 38.0 Å². The van der Waals surface area contributed by atoms with Gasteiger partial charge in [0.25, 0.3) is 0 Å². The molecular formula is C12H22N2. The van der Waals surface area contributed by atoms with Crippen LogP contribution in [0.3, 0.4) is 0 Å². The van der Waals surface area contributed by atoms with Crippen LogP contribution in [0.25, 0.3) is 0 Å². The van der Waals surface area contributed by atoms with Crippen molar-refractivity contribution in [1.82, 2.24) is 5.32 Å². The van der Waals surface area contributed by atoms with Gasteiger partial charge < -0.3 is 11.1 Å². The molecule has 2 nitrogen and oxygen atoms in total. The first kappa shape index (κ1) is 11.6. The molecule has 1 saturated carbocycles. The standard InChI is InChI=1S/C12H22N2/c1-3-5-8-14-12(10-13)7-6-11(4-2)9-12/h1,11,14H,4-10,13H2,2H3. The molecule has 0 bridgehead atoms. The molecule has 1 rings (SSSR count). The van der Waals surface area contributed by atoms with Gasteiger partial charge in [0.2, 0.25) is 0 Å². The molecule has 1 fully saturated rings. The molecule has 0 amide bonds. The fourth-order valence-corrected chi connectivity index (χ4v) is 2.40. The van der Waals surface area contributed by atoms with E-state index in [4.69, 9.17) is 12.2 Å². The van der Waals surface area contributed by atoms with Crippen LogP contribution in [0.1, 0.15) is 39.0 Å². The molecule has 0 aliphatic heterocycles. The predicted octanol–water partition coefficient (Wildman–Crippen LogP) is 1.51. The normalized spacial score (nSPS) is 31.6. The fraction of sp³-hybridized carbons (Fsp3) is 0.833. The number of terminal acetylenes is 1. The summed E-state index contributed by atoms with van der Waals surface area (Å²) in [6.07, 6.45) is 11.1. The summed E-state index contributed by atoms with van der Waals surface area (Å²) in [5.41, 5.74) is 6.05. The molecule has 0 aromatic heterocycles. The van der Waals surface area contributed by atoms with Crippen LogP contribution < -0.4 is 11.1 Å². The van der Waals surface area contributed by atoms with Crippen molar-refractivity contribution in [1.29, 1.82) is 0 Å². The highest BCUT2D eigenvalue weighted by Gasteiger charge is 2.36. The van der Waals surface area contributed by atoms with Gasteiger partial charge in [0, 0.05) is 25.0 Å². The van der Waals surface area contributed by atoms with Gasteiger partial charge in [0.1, 0.15) is 0 Å². The zero-order valence-electron chi connectivity index (χ0n) is 9.18. The quantitative estimate of drug-likeness (QED) is 0.514. The van der Waals surface area contributed by atoms with Gasteiger partial charge in [0.15, 0.2) is 0 Å². The van der Waals surface area contributed by atoms with Crippen LogP contribution in [-0.4, -0.2) is 18.6 Å². The molecule has 2 atom stereocenters. The summed E-state index contributed by atoms with van der Waals surface area (Å²) in [7, 11) is 0. The van der Waals surface area contributed by atoms with E-state index in [1.54, 1.807) is 0 Å². The van der Waals surface area contributed by atoms with Gasteiger partial charge in [-0.05, 0) is 25.2 Å². The Kier molecular flexibility index (Phi) is 4.44. The third kappa shape index (κ3) is 2.73. The fourth-order valence-electron chi connectivity index (χ4n) is 2.40. The van der Waals surface area contributed by atoms with Crippen molar-refractivity contribution >= 4 is 0 Å². The van der Waals surface area contributed by atoms with Crippen LogP contribution in [0.2, 0.25) is 0 Å². The molecular weight excluding hydrogens is 172 g/mol. The van der Waals surface area contributed by atoms with E-state index in [1.165, 1.54) is 25.7 Å². The van der Waals surface area contributed by atoms with Crippen molar-refractivity contribution in [3.05, 3.63) is 0 Å². The van der Waals surface area contributed by atoms with Gasteiger partial charge in [-0.2, -0.15) is 0 Å². The van der Waals surface area contributed by atoms with Gasteiger partial charge in [-0.25, -0.2) is 0 Å². The van der Waals surface area contributed by atoms with E-state index in [-0.39, 0.29) is 5.54 Å². The van der Waals surface area contributed by atoms with Gasteiger partial charge in [0.05, 0.1) is 0 Å². The van der Waals surface area contributed by atoms with E-state index in [9.17, 15) is 0 Å². The summed E-state index contributed by atoms with van der Waals surface area (Å²) < 4.78 is 0. The van der Waals surface area contributed by atoms with Gasteiger partial charge in [-0.15, -0.1) is 12.3 Å². The minimum absolute atomic E-state index is 0.192. The van der Waals surface area contributed by atoms with Crippen LogP contribution in [-0.2, 0) is 0 Å². The maximum Gasteiger partial charge on any atom is 0.0307 e. The van der Waals surface area contributed by atoms with E-state index in [1.807, 2.05) is 0 Å². The van der Waals surface area contributed by atoms with E-state index in [0.717, 1.165) is 25.4 Å². The first-order valence-corrected chi connectivity index (χ1v) is 5.65. The smallest absolute Gasteiger partial charge is 0.0307 e. The monoisotopic (exact) mass is 194 g/mol. The number of rotatable bonds is 5. The number of nitrogens with one attached hydrogen (secondary N) is 1. The molecule has 0 spiro atoms. The Morgan fingerprint density at radius 3 is 2.93 bits per heavy atom. The lowest BCUT2D eigenvalue weighted by atomic mass is 9.95. The lowest BCUT2D eigenvalue weighted by Crippen LogP contribution is -2.49. The van der Waals surface area contributed by atoms with E-state index in [2.05, 4.69) is 18.2 Å². The van der Waals surface area contributed by atoms with E-state index < -0.39 is 0 Å². The van der Waals surface area contributed by atoms with Gasteiger partial charge in [-0.1, -0.05) is 13.3 Å². The molecule has 3 N–H and O–H groups in total. The first-order chi connectivity index (χ1) is 6.76. The largest absolute Gasteiger partial charge is 0.329 e. The lowest BCUT2D eigenvalue weighted by Gasteiger charge is -2.29. The third-order valence-electron chi connectivity index (χ3n) is 3.45. The predicted molar refractivity (Wildman–Crippen MR) is 60.9 cm³/mol. The first-order valence-electron chi connectivity index (χ1n) is 5.65. The molecule has 0 radical (unpaired) electrons. The highest BCUT2D eigenvalue weighted by atomic mass is 15.0. The van der Waals surface area contributed by atoms with E-state index in [0.29, 0.717) is 0 Å². The SMILES string of the molecule is C#CCCNC1(CN)CCC(CC)C1. The zero-order valence-corrected chi connectivity index (χ0v) is 9.18. The minimum Gasteiger partial charge on any atom is -0.329 e. The van der Waals surface area contributed by atoms with E-state index >= 15 is 0 Å². The molecule has 1 aliphatic carbocycles. The molecule has 2 heteroatoms. The third-order valence-corrected chi connectivity index (χ3v) is 3.45. The number of hydrogen-bond acceptors (Lipinski definition) is 2. The molecule has 0 aromatic carbocycles. The Bertz CT molecular complexity index is 207. The van der Waals surface area contributed by atoms with Crippen LogP contribution in [0.4, 0.5) is 0 Å². The average Bonchev–Trinajstić information content (AvgIpc) is 2.63. The second-order valence-corrected chi connectivity index (χ2v) is 4.38. The zero-order chi connectivity index (χ0) is 10.4. The Morgan fingerprint density at radius 2 is 2.43 bits per heavy atom. The molecule has 0 saturated heterocycles.